The number of aromatic nitrogens is 1. The number of hydrogen-bond acceptors (Lipinski definition) is 1. The SMILES string of the molecule is [CH2]n1cc(C)ccc1=O. The third kappa shape index (κ3) is 1.19. The van der Waals surface area contributed by atoms with Crippen molar-refractivity contribution in [3.63, 3.8) is 0 Å². The Bertz CT molecular complexity index is 262. The molecule has 0 saturated carbocycles. The van der Waals surface area contributed by atoms with Crippen molar-refractivity contribution in [2.24, 2.45) is 0 Å². The van der Waals surface area contributed by atoms with Gasteiger partial charge >= 0.3 is 0 Å². The summed E-state index contributed by atoms with van der Waals surface area (Å²) < 4.78 is 1.31. The zero-order valence-corrected chi connectivity index (χ0v) is 5.29. The van der Waals surface area contributed by atoms with Crippen molar-refractivity contribution < 1.29 is 0 Å². The molecule has 0 atom stereocenters. The predicted octanol–water partition coefficient (Wildman–Crippen LogP) is 0.796. The maximum Gasteiger partial charge on any atom is 0.250 e. The van der Waals surface area contributed by atoms with Crippen LogP contribution in [0.1, 0.15) is 5.56 Å². The molecule has 1 aromatic heterocycles. The van der Waals surface area contributed by atoms with Gasteiger partial charge in [-0.15, -0.1) is 0 Å². The van der Waals surface area contributed by atoms with E-state index < -0.39 is 0 Å². The van der Waals surface area contributed by atoms with E-state index in [0.29, 0.717) is 0 Å². The minimum absolute atomic E-state index is 0.0689. The van der Waals surface area contributed by atoms with Crippen LogP contribution in [-0.2, 0) is 0 Å². The molecule has 47 valence electrons. The van der Waals surface area contributed by atoms with Gasteiger partial charge in [0.2, 0.25) is 0 Å². The van der Waals surface area contributed by atoms with E-state index >= 15 is 0 Å². The van der Waals surface area contributed by atoms with Gasteiger partial charge in [0, 0.05) is 19.3 Å². The predicted molar refractivity (Wildman–Crippen MR) is 36.2 cm³/mol. The van der Waals surface area contributed by atoms with Crippen LogP contribution in [0.4, 0.5) is 0 Å². The first kappa shape index (κ1) is 6.08. The first-order valence-corrected chi connectivity index (χ1v) is 2.70. The Morgan fingerprint density at radius 2 is 2.22 bits per heavy atom. The van der Waals surface area contributed by atoms with Crippen molar-refractivity contribution in [3.8, 4) is 0 Å². The molecule has 0 fully saturated rings. The molecular formula is C7H8NO. The van der Waals surface area contributed by atoms with Gasteiger partial charge in [-0.3, -0.25) is 4.79 Å². The number of rotatable bonds is 0. The van der Waals surface area contributed by atoms with E-state index in [1.54, 1.807) is 12.3 Å². The summed E-state index contributed by atoms with van der Waals surface area (Å²) in [5.74, 6) is 0. The van der Waals surface area contributed by atoms with Gasteiger partial charge in [0.05, 0.1) is 0 Å². The molecule has 1 aromatic rings. The van der Waals surface area contributed by atoms with E-state index in [4.69, 9.17) is 0 Å². The second-order valence-electron chi connectivity index (χ2n) is 2.01. The minimum Gasteiger partial charge on any atom is -0.313 e. The molecule has 0 amide bonds. The van der Waals surface area contributed by atoms with Gasteiger partial charge in [-0.25, -0.2) is 0 Å². The van der Waals surface area contributed by atoms with Crippen LogP contribution in [0.2, 0.25) is 0 Å². The molecule has 0 aliphatic carbocycles. The van der Waals surface area contributed by atoms with Crippen molar-refractivity contribution >= 4 is 0 Å². The molecule has 1 rings (SSSR count). The number of nitrogens with zero attached hydrogens (tertiary/aromatic N) is 1. The summed E-state index contributed by atoms with van der Waals surface area (Å²) in [6.07, 6.45) is 1.70. The zero-order valence-electron chi connectivity index (χ0n) is 5.29. The van der Waals surface area contributed by atoms with E-state index in [-0.39, 0.29) is 5.56 Å². The quantitative estimate of drug-likeness (QED) is 0.498. The monoisotopic (exact) mass is 122 g/mol. The second-order valence-corrected chi connectivity index (χ2v) is 2.01. The Hall–Kier alpha value is -1.05. The highest BCUT2D eigenvalue weighted by atomic mass is 16.1. The van der Waals surface area contributed by atoms with Gasteiger partial charge in [0.15, 0.2) is 0 Å². The van der Waals surface area contributed by atoms with Crippen LogP contribution < -0.4 is 5.56 Å². The molecule has 0 spiro atoms. The van der Waals surface area contributed by atoms with Crippen LogP contribution >= 0.6 is 0 Å². The molecule has 0 aliphatic rings. The van der Waals surface area contributed by atoms with Crippen LogP contribution in [0.15, 0.2) is 23.1 Å². The third-order valence-corrected chi connectivity index (χ3v) is 1.13. The van der Waals surface area contributed by atoms with E-state index in [1.165, 1.54) is 10.6 Å². The summed E-state index contributed by atoms with van der Waals surface area (Å²) in [5.41, 5.74) is 0.977. The normalized spacial score (nSPS) is 9.56. The Morgan fingerprint density at radius 1 is 1.56 bits per heavy atom. The van der Waals surface area contributed by atoms with Gasteiger partial charge < -0.3 is 4.57 Å². The lowest BCUT2D eigenvalue weighted by Crippen LogP contribution is -2.12. The summed E-state index contributed by atoms with van der Waals surface area (Å²) in [4.78, 5) is 10.7. The summed E-state index contributed by atoms with van der Waals surface area (Å²) in [5, 5.41) is 0. The average Bonchev–Trinajstić information content (AvgIpc) is 1.80. The fourth-order valence-electron chi connectivity index (χ4n) is 0.651. The van der Waals surface area contributed by atoms with E-state index in [9.17, 15) is 4.79 Å². The fourth-order valence-corrected chi connectivity index (χ4v) is 0.651. The average molecular weight is 122 g/mol. The summed E-state index contributed by atoms with van der Waals surface area (Å²) in [6, 6.07) is 3.27. The maximum atomic E-state index is 10.7. The second kappa shape index (κ2) is 2.05. The highest BCUT2D eigenvalue weighted by molar-refractivity contribution is 5.07. The first-order valence-electron chi connectivity index (χ1n) is 2.70. The molecule has 0 aromatic carbocycles. The Balaban J connectivity index is 3.34. The molecule has 0 aliphatic heterocycles. The maximum absolute atomic E-state index is 10.7. The van der Waals surface area contributed by atoms with Crippen molar-refractivity contribution in [2.75, 3.05) is 0 Å². The molecule has 2 nitrogen and oxygen atoms in total. The molecule has 0 bridgehead atoms. The molecule has 2 heteroatoms. The molecule has 0 saturated heterocycles. The lowest BCUT2D eigenvalue weighted by Gasteiger charge is -1.94. The Morgan fingerprint density at radius 3 is 2.67 bits per heavy atom. The van der Waals surface area contributed by atoms with Crippen LogP contribution in [0.5, 0.6) is 0 Å². The Labute approximate surface area is 53.8 Å². The van der Waals surface area contributed by atoms with E-state index in [2.05, 4.69) is 7.05 Å². The number of pyridine rings is 1. The zero-order chi connectivity index (χ0) is 6.85. The topological polar surface area (TPSA) is 22.0 Å². The van der Waals surface area contributed by atoms with E-state index in [0.717, 1.165) is 5.56 Å². The van der Waals surface area contributed by atoms with Gasteiger partial charge in [-0.2, -0.15) is 0 Å². The van der Waals surface area contributed by atoms with Crippen molar-refractivity contribution in [3.05, 3.63) is 41.3 Å². The summed E-state index contributed by atoms with van der Waals surface area (Å²) in [7, 11) is 3.49. The third-order valence-electron chi connectivity index (χ3n) is 1.13. The molecule has 1 radical (unpaired) electrons. The number of hydrogen-bond donors (Lipinski definition) is 0. The fraction of sp³-hybridized carbons (Fsp3) is 0.143. The smallest absolute Gasteiger partial charge is 0.250 e. The largest absolute Gasteiger partial charge is 0.313 e. The molecule has 0 N–H and O–H groups in total. The van der Waals surface area contributed by atoms with Gasteiger partial charge in [-0.1, -0.05) is 6.07 Å². The standard InChI is InChI=1S/C7H8NO/c1-6-3-4-7(9)8(2)5-6/h3-5H,2H2,1H3. The van der Waals surface area contributed by atoms with Crippen LogP contribution in [0, 0.1) is 14.0 Å². The minimum atomic E-state index is -0.0689. The van der Waals surface area contributed by atoms with Gasteiger partial charge in [-0.05, 0) is 12.5 Å². The summed E-state index contributed by atoms with van der Waals surface area (Å²) >= 11 is 0. The van der Waals surface area contributed by atoms with Crippen LogP contribution in [0.25, 0.3) is 0 Å². The lowest BCUT2D eigenvalue weighted by molar-refractivity contribution is 0.977. The van der Waals surface area contributed by atoms with Gasteiger partial charge in [0.1, 0.15) is 0 Å². The summed E-state index contributed by atoms with van der Waals surface area (Å²) in [6.45, 7) is 1.92. The van der Waals surface area contributed by atoms with Crippen LogP contribution in [0.3, 0.4) is 0 Å². The van der Waals surface area contributed by atoms with Gasteiger partial charge in [0.25, 0.3) is 5.56 Å². The van der Waals surface area contributed by atoms with Crippen LogP contribution in [-0.4, -0.2) is 4.57 Å². The molecular weight excluding hydrogens is 114 g/mol. The molecule has 0 unspecified atom stereocenters. The van der Waals surface area contributed by atoms with Crippen molar-refractivity contribution in [1.82, 2.24) is 4.57 Å². The first-order chi connectivity index (χ1) is 4.20. The molecule has 1 heterocycles. The van der Waals surface area contributed by atoms with Crippen molar-refractivity contribution in [1.29, 1.82) is 0 Å². The van der Waals surface area contributed by atoms with Crippen molar-refractivity contribution in [2.45, 2.75) is 6.92 Å². The highest BCUT2D eigenvalue weighted by Crippen LogP contribution is 1.88. The van der Waals surface area contributed by atoms with E-state index in [1.807, 2.05) is 6.92 Å². The molecule has 9 heavy (non-hydrogen) atoms. The number of aryl methyl sites for hydroxylation is 1. The highest BCUT2D eigenvalue weighted by Gasteiger charge is 1.86. The Kier molecular flexibility index (Phi) is 1.39. The lowest BCUT2D eigenvalue weighted by atomic mass is 10.3.